The van der Waals surface area contributed by atoms with E-state index in [1.165, 1.54) is 5.56 Å². The lowest BCUT2D eigenvalue weighted by Crippen LogP contribution is -2.34. The summed E-state index contributed by atoms with van der Waals surface area (Å²) in [5.74, 6) is 1.53. The van der Waals surface area contributed by atoms with Gasteiger partial charge in [-0.25, -0.2) is 4.98 Å². The summed E-state index contributed by atoms with van der Waals surface area (Å²) in [6.07, 6.45) is 11.5. The number of hydrogen-bond donors (Lipinski definition) is 1. The summed E-state index contributed by atoms with van der Waals surface area (Å²) in [5.41, 5.74) is 3.32. The van der Waals surface area contributed by atoms with Gasteiger partial charge in [0.1, 0.15) is 0 Å². The van der Waals surface area contributed by atoms with Crippen LogP contribution in [0.25, 0.3) is 11.8 Å². The molecule has 0 fully saturated rings. The molecule has 35 heavy (non-hydrogen) atoms. The van der Waals surface area contributed by atoms with Crippen molar-refractivity contribution in [3.8, 4) is 17.2 Å². The number of imidazole rings is 1. The zero-order chi connectivity index (χ0) is 25.0. The number of hydrogen-bond acceptors (Lipinski definition) is 5. The molecule has 7 heteroatoms. The molecule has 0 aliphatic heterocycles. The first-order valence-corrected chi connectivity index (χ1v) is 11.9. The molecule has 0 aliphatic carbocycles. The van der Waals surface area contributed by atoms with Gasteiger partial charge in [0.25, 0.3) is 0 Å². The van der Waals surface area contributed by atoms with Crippen molar-refractivity contribution in [1.82, 2.24) is 19.8 Å². The average molecular weight is 477 g/mol. The van der Waals surface area contributed by atoms with Gasteiger partial charge in [-0.15, -0.1) is 0 Å². The van der Waals surface area contributed by atoms with E-state index in [-0.39, 0.29) is 5.91 Å². The number of likely N-dealkylation sites (N-methyl/N-ethyl adjacent to an activating group) is 1. The van der Waals surface area contributed by atoms with Crippen LogP contribution in [0.5, 0.6) is 11.5 Å². The molecule has 1 atom stereocenters. The van der Waals surface area contributed by atoms with Gasteiger partial charge < -0.3 is 24.3 Å². The van der Waals surface area contributed by atoms with E-state index in [0.29, 0.717) is 19.0 Å². The summed E-state index contributed by atoms with van der Waals surface area (Å²) >= 11 is 0. The molecule has 3 aromatic rings. The van der Waals surface area contributed by atoms with Gasteiger partial charge >= 0.3 is 0 Å². The van der Waals surface area contributed by atoms with Crippen molar-refractivity contribution in [2.45, 2.75) is 32.2 Å². The van der Waals surface area contributed by atoms with Crippen LogP contribution >= 0.6 is 0 Å². The van der Waals surface area contributed by atoms with Crippen molar-refractivity contribution in [1.29, 1.82) is 0 Å². The molecular weight excluding hydrogens is 440 g/mol. The number of ether oxygens (including phenoxy) is 2. The highest BCUT2D eigenvalue weighted by Crippen LogP contribution is 2.28. The van der Waals surface area contributed by atoms with Crippen LogP contribution in [0, 0.1) is 0 Å². The molecule has 0 bridgehead atoms. The van der Waals surface area contributed by atoms with E-state index in [9.17, 15) is 4.79 Å². The predicted molar refractivity (Wildman–Crippen MR) is 140 cm³/mol. The first kappa shape index (κ1) is 26.0. The van der Waals surface area contributed by atoms with Crippen LogP contribution in [-0.4, -0.2) is 60.8 Å². The second-order valence-corrected chi connectivity index (χ2v) is 8.59. The number of rotatable bonds is 13. The second-order valence-electron chi connectivity index (χ2n) is 8.59. The Labute approximate surface area is 208 Å². The lowest BCUT2D eigenvalue weighted by molar-refractivity contribution is -0.120. The summed E-state index contributed by atoms with van der Waals surface area (Å²) in [6, 6.07) is 14.5. The highest BCUT2D eigenvalue weighted by molar-refractivity contribution is 5.78. The first-order valence-electron chi connectivity index (χ1n) is 11.9. The fourth-order valence-electron chi connectivity index (χ4n) is 3.82. The normalized spacial score (nSPS) is 12.1. The Morgan fingerprint density at radius 2 is 1.91 bits per heavy atom. The lowest BCUT2D eigenvalue weighted by atomic mass is 10.1. The summed E-state index contributed by atoms with van der Waals surface area (Å²) in [6.45, 7) is 3.79. The van der Waals surface area contributed by atoms with E-state index in [1.54, 1.807) is 26.7 Å². The molecule has 0 spiro atoms. The summed E-state index contributed by atoms with van der Waals surface area (Å²) in [7, 11) is 5.42. The van der Waals surface area contributed by atoms with Crippen LogP contribution in [0.15, 0.2) is 67.3 Å². The standard InChI is InChI=1S/C28H36N4O3/c1-22(19-24-11-14-26(34-3)27(20-24)35-4)31(2)17-6-15-30-28(33)8-5-7-23-9-12-25(13-10-23)32-18-16-29-21-32/h5,7,9-14,16,18,20-22H,6,8,15,17,19H2,1-4H3,(H,30,33)/b7-5+. The van der Waals surface area contributed by atoms with E-state index >= 15 is 0 Å². The highest BCUT2D eigenvalue weighted by atomic mass is 16.5. The molecule has 7 nitrogen and oxygen atoms in total. The van der Waals surface area contributed by atoms with Gasteiger partial charge in [0, 0.05) is 37.1 Å². The molecule has 186 valence electrons. The molecule has 0 saturated heterocycles. The molecule has 0 saturated carbocycles. The van der Waals surface area contributed by atoms with E-state index < -0.39 is 0 Å². The number of benzene rings is 2. The van der Waals surface area contributed by atoms with Gasteiger partial charge in [-0.2, -0.15) is 0 Å². The zero-order valence-corrected chi connectivity index (χ0v) is 21.1. The highest BCUT2D eigenvalue weighted by Gasteiger charge is 2.12. The van der Waals surface area contributed by atoms with Crippen molar-refractivity contribution < 1.29 is 14.3 Å². The van der Waals surface area contributed by atoms with Gasteiger partial charge in [-0.1, -0.05) is 30.4 Å². The van der Waals surface area contributed by atoms with E-state index in [0.717, 1.165) is 42.1 Å². The molecule has 1 amide bonds. The second kappa shape index (κ2) is 13.3. The number of nitrogens with one attached hydrogen (secondary N) is 1. The number of methoxy groups -OCH3 is 2. The molecular formula is C28H36N4O3. The topological polar surface area (TPSA) is 68.6 Å². The molecule has 1 heterocycles. The van der Waals surface area contributed by atoms with Crippen molar-refractivity contribution in [3.63, 3.8) is 0 Å². The summed E-state index contributed by atoms with van der Waals surface area (Å²) in [5, 5.41) is 3.01. The Bertz CT molecular complexity index is 1080. The Kier molecular flexibility index (Phi) is 9.93. The van der Waals surface area contributed by atoms with Crippen molar-refractivity contribution >= 4 is 12.0 Å². The molecule has 0 radical (unpaired) electrons. The predicted octanol–water partition coefficient (Wildman–Crippen LogP) is 4.36. The van der Waals surface area contributed by atoms with Crippen LogP contribution in [0.3, 0.4) is 0 Å². The smallest absolute Gasteiger partial charge is 0.223 e. The third-order valence-electron chi connectivity index (χ3n) is 6.05. The maximum atomic E-state index is 12.2. The van der Waals surface area contributed by atoms with E-state index in [1.807, 2.05) is 59.3 Å². The first-order chi connectivity index (χ1) is 17.0. The summed E-state index contributed by atoms with van der Waals surface area (Å²) < 4.78 is 12.7. The largest absolute Gasteiger partial charge is 0.493 e. The number of carbonyl (C=O) groups is 1. The third-order valence-corrected chi connectivity index (χ3v) is 6.05. The van der Waals surface area contributed by atoms with Crippen molar-refractivity contribution in [2.75, 3.05) is 34.4 Å². The summed E-state index contributed by atoms with van der Waals surface area (Å²) in [4.78, 5) is 18.5. The fourth-order valence-corrected chi connectivity index (χ4v) is 3.82. The monoisotopic (exact) mass is 476 g/mol. The van der Waals surface area contributed by atoms with Crippen LogP contribution < -0.4 is 14.8 Å². The molecule has 3 rings (SSSR count). The Morgan fingerprint density at radius 1 is 1.14 bits per heavy atom. The minimum Gasteiger partial charge on any atom is -0.493 e. The maximum Gasteiger partial charge on any atom is 0.223 e. The fraction of sp³-hybridized carbons (Fsp3) is 0.357. The molecule has 1 unspecified atom stereocenters. The third kappa shape index (κ3) is 8.00. The van der Waals surface area contributed by atoms with Crippen molar-refractivity contribution in [2.24, 2.45) is 0 Å². The lowest BCUT2D eigenvalue weighted by Gasteiger charge is -2.25. The molecule has 0 aliphatic rings. The van der Waals surface area contributed by atoms with Crippen LogP contribution in [0.2, 0.25) is 0 Å². The number of amides is 1. The van der Waals surface area contributed by atoms with Crippen molar-refractivity contribution in [3.05, 3.63) is 78.4 Å². The Balaban J connectivity index is 1.33. The van der Waals surface area contributed by atoms with Gasteiger partial charge in [0.15, 0.2) is 11.5 Å². The number of aromatic nitrogens is 2. The van der Waals surface area contributed by atoms with Gasteiger partial charge in [-0.3, -0.25) is 4.79 Å². The van der Waals surface area contributed by atoms with Gasteiger partial charge in [0.2, 0.25) is 5.91 Å². The minimum absolute atomic E-state index is 0.0392. The molecule has 2 aromatic carbocycles. The van der Waals surface area contributed by atoms with Crippen LogP contribution in [0.4, 0.5) is 0 Å². The van der Waals surface area contributed by atoms with E-state index in [4.69, 9.17) is 9.47 Å². The van der Waals surface area contributed by atoms with Gasteiger partial charge in [-0.05, 0) is 68.8 Å². The SMILES string of the molecule is COc1ccc(CC(C)N(C)CCCNC(=O)C/C=C/c2ccc(-n3ccnc3)cc2)cc1OC. The Morgan fingerprint density at radius 3 is 2.60 bits per heavy atom. The van der Waals surface area contributed by atoms with Crippen LogP contribution in [0.1, 0.15) is 30.9 Å². The van der Waals surface area contributed by atoms with E-state index in [2.05, 4.69) is 35.2 Å². The number of carbonyl (C=O) groups excluding carboxylic acids is 1. The molecule has 1 aromatic heterocycles. The quantitative estimate of drug-likeness (QED) is 0.371. The number of nitrogens with zero attached hydrogens (tertiary/aromatic N) is 3. The Hall–Kier alpha value is -3.58. The maximum absolute atomic E-state index is 12.2. The average Bonchev–Trinajstić information content (AvgIpc) is 3.42. The van der Waals surface area contributed by atoms with Crippen LogP contribution in [-0.2, 0) is 11.2 Å². The zero-order valence-electron chi connectivity index (χ0n) is 21.1. The molecule has 1 N–H and O–H groups in total. The minimum atomic E-state index is 0.0392. The van der Waals surface area contributed by atoms with Gasteiger partial charge in [0.05, 0.1) is 20.5 Å².